The molecule has 122 valence electrons. The van der Waals surface area contributed by atoms with Crippen LogP contribution in [0.5, 0.6) is 0 Å². The second kappa shape index (κ2) is 6.63. The van der Waals surface area contributed by atoms with Crippen LogP contribution >= 0.6 is 22.9 Å². The van der Waals surface area contributed by atoms with Crippen molar-refractivity contribution in [3.05, 3.63) is 91.5 Å². The number of fused-ring (bicyclic) bond motifs is 1. The molecule has 2 heterocycles. The first-order chi connectivity index (χ1) is 12.2. The number of aromatic nitrogens is 3. The molecule has 0 aliphatic rings. The highest BCUT2D eigenvalue weighted by Gasteiger charge is 2.09. The van der Waals surface area contributed by atoms with Crippen molar-refractivity contribution < 1.29 is 0 Å². The predicted octanol–water partition coefficient (Wildman–Crippen LogP) is 3.52. The second-order valence-electron chi connectivity index (χ2n) is 5.35. The van der Waals surface area contributed by atoms with Crippen molar-refractivity contribution in [1.82, 2.24) is 14.6 Å². The average Bonchev–Trinajstić information content (AvgIpc) is 3.15. The van der Waals surface area contributed by atoms with Crippen LogP contribution in [0.15, 0.2) is 59.4 Å². The Labute approximate surface area is 152 Å². The minimum Gasteiger partial charge on any atom is -0.266 e. The number of thiazole rings is 1. The first-order valence-electron chi connectivity index (χ1n) is 7.60. The third-order valence-corrected chi connectivity index (χ3v) is 4.92. The quantitative estimate of drug-likeness (QED) is 0.558. The summed E-state index contributed by atoms with van der Waals surface area (Å²) in [6.45, 7) is 0. The lowest BCUT2D eigenvalue weighted by Gasteiger charge is -1.94. The summed E-state index contributed by atoms with van der Waals surface area (Å²) in [6, 6.07) is 17.3. The summed E-state index contributed by atoms with van der Waals surface area (Å²) in [5.41, 5.74) is 1.66. The molecule has 0 radical (unpaired) electrons. The Morgan fingerprint density at radius 3 is 2.52 bits per heavy atom. The minimum atomic E-state index is -0.188. The molecule has 0 aliphatic carbocycles. The van der Waals surface area contributed by atoms with E-state index in [9.17, 15) is 4.79 Å². The molecular formula is C19H12ClN3OS. The van der Waals surface area contributed by atoms with Crippen molar-refractivity contribution in [1.29, 1.82) is 0 Å². The van der Waals surface area contributed by atoms with Gasteiger partial charge in [-0.25, -0.2) is 0 Å². The predicted molar refractivity (Wildman–Crippen MR) is 103 cm³/mol. The van der Waals surface area contributed by atoms with Crippen molar-refractivity contribution in [2.75, 3.05) is 0 Å². The fourth-order valence-electron chi connectivity index (χ4n) is 2.39. The van der Waals surface area contributed by atoms with Crippen molar-refractivity contribution in [3.8, 4) is 0 Å². The van der Waals surface area contributed by atoms with E-state index in [0.717, 1.165) is 11.1 Å². The van der Waals surface area contributed by atoms with Gasteiger partial charge < -0.3 is 0 Å². The maximum atomic E-state index is 12.5. The van der Waals surface area contributed by atoms with Gasteiger partial charge in [-0.2, -0.15) is 9.50 Å². The van der Waals surface area contributed by atoms with Gasteiger partial charge in [0, 0.05) is 5.02 Å². The zero-order valence-corrected chi connectivity index (χ0v) is 14.5. The van der Waals surface area contributed by atoms with E-state index in [1.165, 1.54) is 15.9 Å². The molecule has 0 spiro atoms. The van der Waals surface area contributed by atoms with Crippen molar-refractivity contribution in [3.63, 3.8) is 0 Å². The Hall–Kier alpha value is -2.76. The maximum absolute atomic E-state index is 12.5. The number of rotatable bonds is 3. The highest BCUT2D eigenvalue weighted by Crippen LogP contribution is 2.15. The van der Waals surface area contributed by atoms with Gasteiger partial charge >= 0.3 is 0 Å². The Kier molecular flexibility index (Phi) is 4.17. The summed E-state index contributed by atoms with van der Waals surface area (Å²) in [6.07, 6.45) is 5.48. The minimum absolute atomic E-state index is 0.188. The van der Waals surface area contributed by atoms with Gasteiger partial charge in [0.15, 0.2) is 5.82 Å². The number of benzene rings is 2. The van der Waals surface area contributed by atoms with Gasteiger partial charge in [0.2, 0.25) is 4.96 Å². The molecule has 0 saturated carbocycles. The largest absolute Gasteiger partial charge is 0.291 e. The van der Waals surface area contributed by atoms with Crippen molar-refractivity contribution >= 4 is 46.1 Å². The number of halogens is 1. The molecule has 0 bridgehead atoms. The van der Waals surface area contributed by atoms with E-state index in [0.29, 0.717) is 20.3 Å². The standard InChI is InChI=1S/C19H12ClN3OS/c20-15-9-5-4-8-14(15)12-16-18(24)23-19(25-16)21-17(22-23)11-10-13-6-2-1-3-7-13/h1-12H. The molecule has 0 saturated heterocycles. The molecular weight excluding hydrogens is 354 g/mol. The van der Waals surface area contributed by atoms with Crippen molar-refractivity contribution in [2.45, 2.75) is 0 Å². The van der Waals surface area contributed by atoms with E-state index >= 15 is 0 Å². The van der Waals surface area contributed by atoms with E-state index < -0.39 is 0 Å². The molecule has 2 aromatic carbocycles. The molecule has 4 aromatic rings. The fraction of sp³-hybridized carbons (Fsp3) is 0. The molecule has 0 unspecified atom stereocenters. The monoisotopic (exact) mass is 365 g/mol. The van der Waals surface area contributed by atoms with Crippen LogP contribution in [0.25, 0.3) is 23.2 Å². The maximum Gasteiger partial charge on any atom is 0.291 e. The van der Waals surface area contributed by atoms with Crippen LogP contribution < -0.4 is 10.1 Å². The molecule has 4 nitrogen and oxygen atoms in total. The summed E-state index contributed by atoms with van der Waals surface area (Å²) in [4.78, 5) is 17.5. The van der Waals surface area contributed by atoms with E-state index in [-0.39, 0.29) is 5.56 Å². The smallest absolute Gasteiger partial charge is 0.266 e. The van der Waals surface area contributed by atoms with Crippen LogP contribution in [-0.4, -0.2) is 14.6 Å². The summed E-state index contributed by atoms with van der Waals surface area (Å²) >= 11 is 7.45. The number of hydrogen-bond acceptors (Lipinski definition) is 4. The third kappa shape index (κ3) is 3.24. The fourth-order valence-corrected chi connectivity index (χ4v) is 3.48. The highest BCUT2D eigenvalue weighted by atomic mass is 35.5. The van der Waals surface area contributed by atoms with Gasteiger partial charge in [-0.3, -0.25) is 4.79 Å². The van der Waals surface area contributed by atoms with E-state index in [2.05, 4.69) is 10.1 Å². The van der Waals surface area contributed by atoms with Gasteiger partial charge in [0.1, 0.15) is 0 Å². The first-order valence-corrected chi connectivity index (χ1v) is 8.79. The Bertz CT molecular complexity index is 1180. The van der Waals surface area contributed by atoms with Gasteiger partial charge in [0.25, 0.3) is 5.56 Å². The zero-order chi connectivity index (χ0) is 17.2. The van der Waals surface area contributed by atoms with Gasteiger partial charge in [-0.05, 0) is 29.3 Å². The lowest BCUT2D eigenvalue weighted by Crippen LogP contribution is -2.23. The normalized spacial score (nSPS) is 12.4. The Balaban J connectivity index is 1.71. The van der Waals surface area contributed by atoms with Crippen LogP contribution in [0, 0.1) is 0 Å². The number of nitrogens with zero attached hydrogens (tertiary/aromatic N) is 3. The molecule has 6 heteroatoms. The van der Waals surface area contributed by atoms with Gasteiger partial charge in [0.05, 0.1) is 4.53 Å². The van der Waals surface area contributed by atoms with E-state index in [1.54, 1.807) is 18.2 Å². The summed E-state index contributed by atoms with van der Waals surface area (Å²) in [5.74, 6) is 0.511. The number of hydrogen-bond donors (Lipinski definition) is 0. The zero-order valence-electron chi connectivity index (χ0n) is 13.0. The van der Waals surface area contributed by atoms with Crippen LogP contribution in [0.3, 0.4) is 0 Å². The van der Waals surface area contributed by atoms with Crippen molar-refractivity contribution in [2.24, 2.45) is 0 Å². The highest BCUT2D eigenvalue weighted by molar-refractivity contribution is 7.15. The summed E-state index contributed by atoms with van der Waals surface area (Å²) in [5, 5.41) is 4.88. The SMILES string of the molecule is O=c1c(=Cc2ccccc2Cl)sc2nc(C=Cc3ccccc3)nn12. The molecule has 2 aromatic heterocycles. The second-order valence-corrected chi connectivity index (χ2v) is 6.76. The Morgan fingerprint density at radius 1 is 1.00 bits per heavy atom. The third-order valence-electron chi connectivity index (χ3n) is 3.61. The van der Waals surface area contributed by atoms with Gasteiger partial charge in [-0.1, -0.05) is 77.5 Å². The van der Waals surface area contributed by atoms with Gasteiger partial charge in [-0.15, -0.1) is 5.10 Å². The summed E-state index contributed by atoms with van der Waals surface area (Å²) in [7, 11) is 0. The molecule has 0 atom stereocenters. The van der Waals surface area contributed by atoms with E-state index in [4.69, 9.17) is 11.6 Å². The lowest BCUT2D eigenvalue weighted by atomic mass is 10.2. The molecule has 0 aliphatic heterocycles. The first kappa shape index (κ1) is 15.7. The molecule has 4 rings (SSSR count). The van der Waals surface area contributed by atoms with E-state index in [1.807, 2.05) is 54.6 Å². The molecule has 0 N–H and O–H groups in total. The lowest BCUT2D eigenvalue weighted by molar-refractivity contribution is 0.925. The van der Waals surface area contributed by atoms with Crippen LogP contribution in [0.2, 0.25) is 5.02 Å². The van der Waals surface area contributed by atoms with Crippen LogP contribution in [0.4, 0.5) is 0 Å². The average molecular weight is 366 g/mol. The van der Waals surface area contributed by atoms with Crippen LogP contribution in [-0.2, 0) is 0 Å². The van der Waals surface area contributed by atoms with Crippen LogP contribution in [0.1, 0.15) is 17.0 Å². The summed E-state index contributed by atoms with van der Waals surface area (Å²) < 4.78 is 1.89. The molecule has 0 amide bonds. The molecule has 0 fully saturated rings. The Morgan fingerprint density at radius 2 is 1.76 bits per heavy atom. The molecule has 25 heavy (non-hydrogen) atoms. The topological polar surface area (TPSA) is 47.3 Å².